The lowest BCUT2D eigenvalue weighted by Crippen LogP contribution is -2.09. The van der Waals surface area contributed by atoms with Crippen molar-refractivity contribution < 1.29 is 4.79 Å². The van der Waals surface area contributed by atoms with Gasteiger partial charge in [-0.25, -0.2) is 4.68 Å². The first-order valence-electron chi connectivity index (χ1n) is 3.26. The molecule has 0 fully saturated rings. The average molecular weight is 264 g/mol. The van der Waals surface area contributed by atoms with Crippen LogP contribution in [0.15, 0.2) is 0 Å². The van der Waals surface area contributed by atoms with E-state index in [1.807, 2.05) is 13.8 Å². The summed E-state index contributed by atoms with van der Waals surface area (Å²) in [7, 11) is 0. The van der Waals surface area contributed by atoms with Crippen molar-refractivity contribution in [2.24, 2.45) is 0 Å². The summed E-state index contributed by atoms with van der Waals surface area (Å²) in [6.45, 7) is 5.30. The molecule has 1 aromatic rings. The van der Waals surface area contributed by atoms with E-state index in [9.17, 15) is 4.79 Å². The molecule has 0 amide bonds. The topological polar surface area (TPSA) is 34.9 Å². The molecule has 11 heavy (non-hydrogen) atoms. The Hall–Kier alpha value is -0.390. The molecule has 1 rings (SSSR count). The Labute approximate surface area is 78.9 Å². The van der Waals surface area contributed by atoms with Crippen LogP contribution in [0.25, 0.3) is 0 Å². The molecular formula is C7H9IN2O. The van der Waals surface area contributed by atoms with Crippen LogP contribution in [0.5, 0.6) is 0 Å². The van der Waals surface area contributed by atoms with Gasteiger partial charge < -0.3 is 0 Å². The van der Waals surface area contributed by atoms with Gasteiger partial charge in [0.15, 0.2) is 0 Å². The van der Waals surface area contributed by atoms with Crippen LogP contribution >= 0.6 is 22.6 Å². The summed E-state index contributed by atoms with van der Waals surface area (Å²) in [5.74, 6) is -0.0338. The molecule has 0 atom stereocenters. The minimum absolute atomic E-state index is 0.0338. The zero-order chi connectivity index (χ0) is 8.59. The lowest BCUT2D eigenvalue weighted by molar-refractivity contribution is 0.0918. The van der Waals surface area contributed by atoms with Crippen LogP contribution in [-0.4, -0.2) is 15.7 Å². The maximum absolute atomic E-state index is 10.9. The highest BCUT2D eigenvalue weighted by Crippen LogP contribution is 2.14. The number of aryl methyl sites for hydroxylation is 1. The van der Waals surface area contributed by atoms with E-state index in [-0.39, 0.29) is 5.91 Å². The monoisotopic (exact) mass is 264 g/mol. The third-order valence-electron chi connectivity index (χ3n) is 1.50. The number of hydrogen-bond acceptors (Lipinski definition) is 2. The molecule has 0 aliphatic heterocycles. The van der Waals surface area contributed by atoms with E-state index < -0.39 is 0 Å². The van der Waals surface area contributed by atoms with E-state index in [0.717, 1.165) is 15.0 Å². The smallest absolute Gasteiger partial charge is 0.244 e. The fourth-order valence-electron chi connectivity index (χ4n) is 0.930. The summed E-state index contributed by atoms with van der Waals surface area (Å²) in [5.41, 5.74) is 1.84. The largest absolute Gasteiger partial charge is 0.273 e. The van der Waals surface area contributed by atoms with Gasteiger partial charge in [-0.3, -0.25) is 4.79 Å². The molecule has 1 heterocycles. The van der Waals surface area contributed by atoms with Crippen molar-refractivity contribution in [1.29, 1.82) is 0 Å². The third kappa shape index (κ3) is 1.45. The highest BCUT2D eigenvalue weighted by Gasteiger charge is 2.10. The summed E-state index contributed by atoms with van der Waals surface area (Å²) < 4.78 is 2.50. The second-order valence-corrected chi connectivity index (χ2v) is 3.49. The van der Waals surface area contributed by atoms with Crippen LogP contribution in [0.3, 0.4) is 0 Å². The lowest BCUT2D eigenvalue weighted by Gasteiger charge is -1.95. The zero-order valence-electron chi connectivity index (χ0n) is 6.68. The maximum Gasteiger partial charge on any atom is 0.244 e. The molecule has 0 bridgehead atoms. The Morgan fingerprint density at radius 1 is 1.55 bits per heavy atom. The Morgan fingerprint density at radius 2 is 2.09 bits per heavy atom. The molecule has 60 valence electrons. The SMILES string of the molecule is CC(=O)n1nc(C)c(I)c1C. The summed E-state index contributed by atoms with van der Waals surface area (Å²) in [6, 6.07) is 0. The number of halogens is 1. The molecule has 0 N–H and O–H groups in total. The number of carbonyl (C=O) groups excluding carboxylic acids is 1. The number of rotatable bonds is 0. The Morgan fingerprint density at radius 3 is 2.27 bits per heavy atom. The maximum atomic E-state index is 10.9. The fourth-order valence-corrected chi connectivity index (χ4v) is 1.27. The fraction of sp³-hybridized carbons (Fsp3) is 0.429. The van der Waals surface area contributed by atoms with Crippen molar-refractivity contribution in [2.45, 2.75) is 20.8 Å². The molecule has 0 saturated carbocycles. The molecular weight excluding hydrogens is 255 g/mol. The van der Waals surface area contributed by atoms with Gasteiger partial charge in [-0.05, 0) is 36.4 Å². The van der Waals surface area contributed by atoms with Crippen LogP contribution in [0.1, 0.15) is 23.1 Å². The van der Waals surface area contributed by atoms with Gasteiger partial charge in [0.1, 0.15) is 0 Å². The number of aromatic nitrogens is 2. The van der Waals surface area contributed by atoms with Gasteiger partial charge >= 0.3 is 0 Å². The zero-order valence-corrected chi connectivity index (χ0v) is 8.84. The van der Waals surface area contributed by atoms with Crippen LogP contribution in [0.4, 0.5) is 0 Å². The first-order valence-corrected chi connectivity index (χ1v) is 4.34. The van der Waals surface area contributed by atoms with Crippen molar-refractivity contribution in [3.8, 4) is 0 Å². The molecule has 0 spiro atoms. The minimum atomic E-state index is -0.0338. The molecule has 4 heteroatoms. The predicted octanol–water partition coefficient (Wildman–Crippen LogP) is 1.76. The van der Waals surface area contributed by atoms with E-state index in [2.05, 4.69) is 27.7 Å². The van der Waals surface area contributed by atoms with Crippen molar-refractivity contribution in [1.82, 2.24) is 9.78 Å². The van der Waals surface area contributed by atoms with E-state index in [1.54, 1.807) is 0 Å². The standard InChI is InChI=1S/C7H9IN2O/c1-4-7(8)5(2)10(9-4)6(3)11/h1-3H3. The highest BCUT2D eigenvalue weighted by atomic mass is 127. The average Bonchev–Trinajstić information content (AvgIpc) is 2.17. The van der Waals surface area contributed by atoms with E-state index >= 15 is 0 Å². The molecule has 1 aromatic heterocycles. The van der Waals surface area contributed by atoms with Gasteiger partial charge in [0.05, 0.1) is 15.0 Å². The number of hydrogen-bond donors (Lipinski definition) is 0. The number of carbonyl (C=O) groups is 1. The first kappa shape index (κ1) is 8.70. The summed E-state index contributed by atoms with van der Waals surface area (Å²) >= 11 is 2.19. The quantitative estimate of drug-likeness (QED) is 0.669. The summed E-state index contributed by atoms with van der Waals surface area (Å²) in [5, 5.41) is 4.07. The van der Waals surface area contributed by atoms with Crippen LogP contribution in [-0.2, 0) is 0 Å². The van der Waals surface area contributed by atoms with E-state index in [0.29, 0.717) is 0 Å². The normalized spacial score (nSPS) is 10.2. The van der Waals surface area contributed by atoms with Crippen molar-refractivity contribution in [3.05, 3.63) is 15.0 Å². The molecule has 0 unspecified atom stereocenters. The van der Waals surface area contributed by atoms with Gasteiger partial charge in [-0.1, -0.05) is 0 Å². The van der Waals surface area contributed by atoms with Crippen molar-refractivity contribution in [2.75, 3.05) is 0 Å². The number of nitrogens with zero attached hydrogens (tertiary/aromatic N) is 2. The summed E-state index contributed by atoms with van der Waals surface area (Å²) in [4.78, 5) is 10.9. The Kier molecular flexibility index (Phi) is 2.31. The predicted molar refractivity (Wildman–Crippen MR) is 50.7 cm³/mol. The third-order valence-corrected chi connectivity index (χ3v) is 3.06. The molecule has 0 aliphatic carbocycles. The highest BCUT2D eigenvalue weighted by molar-refractivity contribution is 14.1. The van der Waals surface area contributed by atoms with Gasteiger partial charge in [-0.2, -0.15) is 5.10 Å². The van der Waals surface area contributed by atoms with Crippen LogP contribution < -0.4 is 0 Å². The molecule has 0 aromatic carbocycles. The summed E-state index contributed by atoms with van der Waals surface area (Å²) in [6.07, 6.45) is 0. The Balaban J connectivity index is 3.29. The van der Waals surface area contributed by atoms with Crippen LogP contribution in [0.2, 0.25) is 0 Å². The van der Waals surface area contributed by atoms with Crippen molar-refractivity contribution in [3.63, 3.8) is 0 Å². The van der Waals surface area contributed by atoms with Gasteiger partial charge in [0, 0.05) is 6.92 Å². The molecule has 3 nitrogen and oxygen atoms in total. The Bertz CT molecular complexity index is 304. The molecule has 0 radical (unpaired) electrons. The minimum Gasteiger partial charge on any atom is -0.273 e. The van der Waals surface area contributed by atoms with E-state index in [1.165, 1.54) is 11.6 Å². The van der Waals surface area contributed by atoms with Gasteiger partial charge in [0.25, 0.3) is 0 Å². The second kappa shape index (κ2) is 2.92. The second-order valence-electron chi connectivity index (χ2n) is 2.42. The van der Waals surface area contributed by atoms with Gasteiger partial charge in [0.2, 0.25) is 5.91 Å². The van der Waals surface area contributed by atoms with Crippen molar-refractivity contribution >= 4 is 28.5 Å². The van der Waals surface area contributed by atoms with E-state index in [4.69, 9.17) is 0 Å². The lowest BCUT2D eigenvalue weighted by atomic mass is 10.4. The van der Waals surface area contributed by atoms with Crippen LogP contribution in [0, 0.1) is 17.4 Å². The van der Waals surface area contributed by atoms with Gasteiger partial charge in [-0.15, -0.1) is 0 Å². The molecule has 0 saturated heterocycles. The first-order chi connectivity index (χ1) is 5.04. The molecule has 0 aliphatic rings.